The molecule has 1 amide bonds. The van der Waals surface area contributed by atoms with E-state index in [-0.39, 0.29) is 23.6 Å². The predicted octanol–water partition coefficient (Wildman–Crippen LogP) is 0.225. The highest BCUT2D eigenvalue weighted by atomic mass is 16.6. The normalized spacial score (nSPS) is 10.1. The molecule has 2 aromatic rings. The Labute approximate surface area is 107 Å². The van der Waals surface area contributed by atoms with Gasteiger partial charge < -0.3 is 16.0 Å². The molecule has 0 unspecified atom stereocenters. The van der Waals surface area contributed by atoms with E-state index < -0.39 is 10.8 Å². The molecular formula is C10H10N6O3. The van der Waals surface area contributed by atoms with Gasteiger partial charge in [0.1, 0.15) is 12.0 Å². The van der Waals surface area contributed by atoms with Gasteiger partial charge in [0.2, 0.25) is 0 Å². The van der Waals surface area contributed by atoms with Crippen molar-refractivity contribution in [2.75, 3.05) is 5.73 Å². The molecule has 98 valence electrons. The van der Waals surface area contributed by atoms with Crippen LogP contribution in [0.4, 0.5) is 11.5 Å². The van der Waals surface area contributed by atoms with Gasteiger partial charge in [-0.25, -0.2) is 9.97 Å². The largest absolute Gasteiger partial charge is 0.383 e. The van der Waals surface area contributed by atoms with Crippen LogP contribution in [0.3, 0.4) is 0 Å². The van der Waals surface area contributed by atoms with Crippen molar-refractivity contribution in [3.63, 3.8) is 0 Å². The fraction of sp³-hybridized carbons (Fsp3) is 0.100. The zero-order valence-corrected chi connectivity index (χ0v) is 9.66. The number of anilines is 1. The molecule has 2 rings (SSSR count). The van der Waals surface area contributed by atoms with Crippen molar-refractivity contribution in [1.82, 2.24) is 20.3 Å². The summed E-state index contributed by atoms with van der Waals surface area (Å²) in [5.41, 5.74) is 5.90. The lowest BCUT2D eigenvalue weighted by molar-refractivity contribution is -0.385. The van der Waals surface area contributed by atoms with Gasteiger partial charge in [0.25, 0.3) is 11.6 Å². The Balaban J connectivity index is 2.14. The first kappa shape index (κ1) is 12.5. The van der Waals surface area contributed by atoms with Crippen molar-refractivity contribution in [1.29, 1.82) is 0 Å². The Bertz CT molecular complexity index is 610. The van der Waals surface area contributed by atoms with E-state index in [0.717, 1.165) is 12.3 Å². The number of amides is 1. The van der Waals surface area contributed by atoms with E-state index >= 15 is 0 Å². The third-order valence-electron chi connectivity index (χ3n) is 2.35. The molecule has 0 aliphatic rings. The van der Waals surface area contributed by atoms with Crippen LogP contribution in [-0.4, -0.2) is 25.8 Å². The molecule has 9 heteroatoms. The van der Waals surface area contributed by atoms with Gasteiger partial charge in [0, 0.05) is 12.3 Å². The number of nitrogen functional groups attached to an aromatic ring is 1. The lowest BCUT2D eigenvalue weighted by Gasteiger charge is -2.05. The van der Waals surface area contributed by atoms with Gasteiger partial charge in [-0.2, -0.15) is 0 Å². The Kier molecular flexibility index (Phi) is 3.37. The number of aromatic nitrogens is 3. The molecule has 19 heavy (non-hydrogen) atoms. The third-order valence-corrected chi connectivity index (χ3v) is 2.35. The van der Waals surface area contributed by atoms with Crippen molar-refractivity contribution in [2.24, 2.45) is 0 Å². The van der Waals surface area contributed by atoms with E-state index in [1.54, 1.807) is 6.20 Å². The monoisotopic (exact) mass is 262 g/mol. The van der Waals surface area contributed by atoms with Crippen LogP contribution in [0, 0.1) is 10.1 Å². The molecule has 0 fully saturated rings. The number of H-pyrrole nitrogens is 1. The summed E-state index contributed by atoms with van der Waals surface area (Å²) in [6.45, 7) is 0.209. The highest BCUT2D eigenvalue weighted by molar-refractivity contribution is 5.98. The van der Waals surface area contributed by atoms with Gasteiger partial charge in [-0.15, -0.1) is 0 Å². The van der Waals surface area contributed by atoms with E-state index in [0.29, 0.717) is 5.69 Å². The van der Waals surface area contributed by atoms with E-state index in [9.17, 15) is 14.9 Å². The van der Waals surface area contributed by atoms with Gasteiger partial charge in [-0.3, -0.25) is 14.9 Å². The number of hydrogen-bond donors (Lipinski definition) is 3. The number of aromatic amines is 1. The van der Waals surface area contributed by atoms with Crippen LogP contribution in [0.5, 0.6) is 0 Å². The number of nitrogens with one attached hydrogen (secondary N) is 2. The van der Waals surface area contributed by atoms with E-state index in [1.165, 1.54) is 6.33 Å². The van der Waals surface area contributed by atoms with Crippen LogP contribution in [0.1, 0.15) is 16.1 Å². The summed E-state index contributed by atoms with van der Waals surface area (Å²) >= 11 is 0. The molecule has 9 nitrogen and oxygen atoms in total. The smallest absolute Gasteiger partial charge is 0.288 e. The lowest BCUT2D eigenvalue weighted by Crippen LogP contribution is -2.24. The number of rotatable bonds is 4. The van der Waals surface area contributed by atoms with Crippen molar-refractivity contribution in [2.45, 2.75) is 6.54 Å². The topological polar surface area (TPSA) is 140 Å². The Morgan fingerprint density at radius 1 is 1.53 bits per heavy atom. The number of pyridine rings is 1. The second kappa shape index (κ2) is 5.12. The number of hydrogen-bond acceptors (Lipinski definition) is 6. The molecule has 0 aromatic carbocycles. The minimum atomic E-state index is -0.641. The minimum absolute atomic E-state index is 0.0336. The maximum Gasteiger partial charge on any atom is 0.288 e. The van der Waals surface area contributed by atoms with Gasteiger partial charge in [0.05, 0.1) is 29.1 Å². The summed E-state index contributed by atoms with van der Waals surface area (Å²) in [7, 11) is 0. The van der Waals surface area contributed by atoms with Crippen molar-refractivity contribution in [3.05, 3.63) is 46.2 Å². The molecule has 0 bridgehead atoms. The van der Waals surface area contributed by atoms with Crippen LogP contribution < -0.4 is 11.1 Å². The summed E-state index contributed by atoms with van der Waals surface area (Å²) in [5.74, 6) is -0.601. The fourth-order valence-corrected chi connectivity index (χ4v) is 1.40. The molecule has 0 radical (unpaired) electrons. The molecule has 0 aliphatic heterocycles. The van der Waals surface area contributed by atoms with E-state index in [4.69, 9.17) is 5.73 Å². The fourth-order valence-electron chi connectivity index (χ4n) is 1.40. The zero-order valence-electron chi connectivity index (χ0n) is 9.66. The number of carbonyl (C=O) groups excluding carboxylic acids is 1. The lowest BCUT2D eigenvalue weighted by atomic mass is 10.2. The van der Waals surface area contributed by atoms with Crippen molar-refractivity contribution >= 4 is 17.4 Å². The molecule has 2 heterocycles. The van der Waals surface area contributed by atoms with Crippen LogP contribution in [0.15, 0.2) is 24.8 Å². The zero-order chi connectivity index (χ0) is 13.8. The standard InChI is InChI=1S/C10H10N6O3/c11-9-8(1-7(4-13-9)16(18)19)10(17)14-3-6-2-12-5-15-6/h1-2,4-5H,3H2,(H2,11,13)(H,12,15)(H,14,17). The number of nitro groups is 1. The molecule has 0 aliphatic carbocycles. The first-order valence-electron chi connectivity index (χ1n) is 5.23. The summed E-state index contributed by atoms with van der Waals surface area (Å²) < 4.78 is 0. The first-order chi connectivity index (χ1) is 9.08. The van der Waals surface area contributed by atoms with Crippen molar-refractivity contribution in [3.8, 4) is 0 Å². The SMILES string of the molecule is Nc1ncc([N+](=O)[O-])cc1C(=O)NCc1cnc[nH]1. The second-order valence-electron chi connectivity index (χ2n) is 3.64. The van der Waals surface area contributed by atoms with E-state index in [2.05, 4.69) is 20.3 Å². The van der Waals surface area contributed by atoms with Crippen molar-refractivity contribution < 1.29 is 9.72 Å². The van der Waals surface area contributed by atoms with Gasteiger partial charge in [-0.05, 0) is 0 Å². The third kappa shape index (κ3) is 2.83. The van der Waals surface area contributed by atoms with Gasteiger partial charge in [-0.1, -0.05) is 0 Å². The highest BCUT2D eigenvalue weighted by Crippen LogP contribution is 2.16. The molecule has 0 saturated heterocycles. The van der Waals surface area contributed by atoms with Gasteiger partial charge >= 0.3 is 0 Å². The number of nitrogens with two attached hydrogens (primary N) is 1. The molecule has 2 aromatic heterocycles. The predicted molar refractivity (Wildman–Crippen MR) is 65.1 cm³/mol. The number of carbonyl (C=O) groups is 1. The van der Waals surface area contributed by atoms with E-state index in [1.807, 2.05) is 0 Å². The molecule has 0 spiro atoms. The summed E-state index contributed by atoms with van der Waals surface area (Å²) in [6, 6.07) is 1.09. The number of imidazole rings is 1. The Hall–Kier alpha value is -2.97. The Morgan fingerprint density at radius 3 is 2.95 bits per heavy atom. The average Bonchev–Trinajstić information content (AvgIpc) is 2.89. The van der Waals surface area contributed by atoms with Crippen LogP contribution in [0.2, 0.25) is 0 Å². The van der Waals surface area contributed by atoms with Crippen LogP contribution in [-0.2, 0) is 6.54 Å². The minimum Gasteiger partial charge on any atom is -0.383 e. The summed E-state index contributed by atoms with van der Waals surface area (Å²) in [6.07, 6.45) is 4.03. The van der Waals surface area contributed by atoms with Gasteiger partial charge in [0.15, 0.2) is 0 Å². The average molecular weight is 262 g/mol. The first-order valence-corrected chi connectivity index (χ1v) is 5.23. The summed E-state index contributed by atoms with van der Waals surface area (Å²) in [4.78, 5) is 32.0. The maximum absolute atomic E-state index is 11.8. The molecular weight excluding hydrogens is 252 g/mol. The molecule has 0 atom stereocenters. The molecule has 4 N–H and O–H groups in total. The Morgan fingerprint density at radius 2 is 2.32 bits per heavy atom. The maximum atomic E-state index is 11.8. The van der Waals surface area contributed by atoms with Crippen LogP contribution >= 0.6 is 0 Å². The number of nitrogens with zero attached hydrogens (tertiary/aromatic N) is 3. The summed E-state index contributed by atoms with van der Waals surface area (Å²) in [5, 5.41) is 13.2. The van der Waals surface area contributed by atoms with Crippen LogP contribution in [0.25, 0.3) is 0 Å². The second-order valence-corrected chi connectivity index (χ2v) is 3.64. The highest BCUT2D eigenvalue weighted by Gasteiger charge is 2.16. The quantitative estimate of drug-likeness (QED) is 0.532. The molecule has 0 saturated carbocycles.